The van der Waals surface area contributed by atoms with Gasteiger partial charge in [0.05, 0.1) is 22.5 Å². The second-order valence-corrected chi connectivity index (χ2v) is 7.99. The van der Waals surface area contributed by atoms with E-state index < -0.39 is 9.85 Å². The molecule has 12 nitrogen and oxygen atoms in total. The molecule has 1 saturated heterocycles. The fourth-order valence-corrected chi connectivity index (χ4v) is 3.98. The first-order valence-corrected chi connectivity index (χ1v) is 10.2. The van der Waals surface area contributed by atoms with E-state index in [1.54, 1.807) is 36.0 Å². The minimum absolute atomic E-state index is 0.0706. The Labute approximate surface area is 190 Å². The summed E-state index contributed by atoms with van der Waals surface area (Å²) in [6.07, 6.45) is 0. The van der Waals surface area contributed by atoms with Crippen LogP contribution in [-0.4, -0.2) is 67.5 Å². The maximum absolute atomic E-state index is 13.3. The highest BCUT2D eigenvalue weighted by molar-refractivity contribution is 5.99. The van der Waals surface area contributed by atoms with Crippen LogP contribution in [0.3, 0.4) is 0 Å². The molecule has 0 radical (unpaired) electrons. The minimum atomic E-state index is -0.534. The standard InChI is InChI=1S/C21H26N6O6/c1-13-12-24(7-8-25(13)14-5-6-17(26(29)30)16(22)9-14)21(28)15-10-19(27(31)32)18(23(2)3)11-20(15)33-4/h5-6,9-11,13H,7-8,12,22H2,1-4H3. The number of rotatable bonds is 6. The Kier molecular flexibility index (Phi) is 6.56. The van der Waals surface area contributed by atoms with Crippen molar-refractivity contribution in [3.63, 3.8) is 0 Å². The van der Waals surface area contributed by atoms with Gasteiger partial charge in [0.15, 0.2) is 0 Å². The first-order chi connectivity index (χ1) is 15.5. The number of benzene rings is 2. The van der Waals surface area contributed by atoms with Gasteiger partial charge >= 0.3 is 0 Å². The quantitative estimate of drug-likeness (QED) is 0.391. The SMILES string of the molecule is COc1cc(N(C)C)c([N+](=O)[O-])cc1C(=O)N1CCN(c2ccc([N+](=O)[O-])c(N)c2)C(C)C1. The average molecular weight is 458 g/mol. The monoisotopic (exact) mass is 458 g/mol. The summed E-state index contributed by atoms with van der Waals surface area (Å²) in [5, 5.41) is 22.6. The Balaban J connectivity index is 1.85. The van der Waals surface area contributed by atoms with E-state index in [0.717, 1.165) is 5.69 Å². The van der Waals surface area contributed by atoms with Crippen LogP contribution in [-0.2, 0) is 0 Å². The van der Waals surface area contributed by atoms with Crippen molar-refractivity contribution >= 4 is 34.3 Å². The van der Waals surface area contributed by atoms with Crippen LogP contribution in [0, 0.1) is 20.2 Å². The van der Waals surface area contributed by atoms with Crippen molar-refractivity contribution in [3.05, 3.63) is 56.1 Å². The summed E-state index contributed by atoms with van der Waals surface area (Å²) < 4.78 is 5.37. The van der Waals surface area contributed by atoms with Crippen LogP contribution in [0.5, 0.6) is 5.75 Å². The molecule has 2 aromatic carbocycles. The number of carbonyl (C=O) groups is 1. The number of carbonyl (C=O) groups excluding carboxylic acids is 1. The number of nitrogens with two attached hydrogens (primary N) is 1. The van der Waals surface area contributed by atoms with E-state index in [-0.39, 0.29) is 40.3 Å². The van der Waals surface area contributed by atoms with Gasteiger partial charge in [-0.2, -0.15) is 0 Å². The maximum Gasteiger partial charge on any atom is 0.293 e. The molecular weight excluding hydrogens is 432 g/mol. The number of nitro benzene ring substituents is 2. The van der Waals surface area contributed by atoms with Gasteiger partial charge in [0.2, 0.25) is 0 Å². The highest BCUT2D eigenvalue weighted by Gasteiger charge is 2.31. The molecule has 176 valence electrons. The second-order valence-electron chi connectivity index (χ2n) is 7.99. The molecule has 0 aromatic heterocycles. The zero-order chi connectivity index (χ0) is 24.4. The molecule has 1 atom stereocenters. The molecular formula is C21H26N6O6. The van der Waals surface area contributed by atoms with Crippen LogP contribution in [0.2, 0.25) is 0 Å². The van der Waals surface area contributed by atoms with Gasteiger partial charge in [-0.3, -0.25) is 25.0 Å². The number of nitro groups is 2. The summed E-state index contributed by atoms with van der Waals surface area (Å²) in [4.78, 5) is 40.0. The molecule has 1 heterocycles. The van der Waals surface area contributed by atoms with Crippen LogP contribution >= 0.6 is 0 Å². The van der Waals surface area contributed by atoms with Crippen LogP contribution < -0.4 is 20.3 Å². The fraction of sp³-hybridized carbons (Fsp3) is 0.381. The van der Waals surface area contributed by atoms with Crippen LogP contribution in [0.15, 0.2) is 30.3 Å². The minimum Gasteiger partial charge on any atom is -0.496 e. The van der Waals surface area contributed by atoms with Crippen molar-refractivity contribution in [1.82, 2.24) is 4.90 Å². The summed E-state index contributed by atoms with van der Waals surface area (Å²) in [5.74, 6) is -0.109. The number of methoxy groups -OCH3 is 1. The predicted octanol–water partition coefficient (Wildman–Crippen LogP) is 2.51. The lowest BCUT2D eigenvalue weighted by atomic mass is 10.1. The van der Waals surface area contributed by atoms with Crippen LogP contribution in [0.4, 0.5) is 28.4 Å². The lowest BCUT2D eigenvalue weighted by Crippen LogP contribution is -2.53. The Hall–Kier alpha value is -4.09. The molecule has 12 heteroatoms. The van der Waals surface area contributed by atoms with E-state index in [1.807, 2.05) is 11.8 Å². The van der Waals surface area contributed by atoms with Crippen molar-refractivity contribution in [2.75, 3.05) is 56.4 Å². The number of ether oxygens (including phenoxy) is 1. The predicted molar refractivity (Wildman–Crippen MR) is 124 cm³/mol. The Morgan fingerprint density at radius 2 is 1.79 bits per heavy atom. The molecule has 0 spiro atoms. The molecule has 1 amide bonds. The normalized spacial score (nSPS) is 15.8. The second kappa shape index (κ2) is 9.18. The molecule has 2 aromatic rings. The third-order valence-corrected chi connectivity index (χ3v) is 5.66. The third-order valence-electron chi connectivity index (χ3n) is 5.66. The first kappa shape index (κ1) is 23.6. The van der Waals surface area contributed by atoms with E-state index in [2.05, 4.69) is 0 Å². The number of anilines is 3. The van der Waals surface area contributed by atoms with Gasteiger partial charge in [0.25, 0.3) is 17.3 Å². The molecule has 1 aliphatic heterocycles. The number of nitrogen functional groups attached to an aromatic ring is 1. The first-order valence-electron chi connectivity index (χ1n) is 10.2. The summed E-state index contributed by atoms with van der Waals surface area (Å²) in [6.45, 7) is 3.09. The molecule has 1 unspecified atom stereocenters. The summed E-state index contributed by atoms with van der Waals surface area (Å²) >= 11 is 0. The highest BCUT2D eigenvalue weighted by Crippen LogP contribution is 2.36. The molecule has 0 bridgehead atoms. The van der Waals surface area contributed by atoms with Gasteiger partial charge < -0.3 is 25.2 Å². The number of piperazine rings is 1. The van der Waals surface area contributed by atoms with E-state index in [1.165, 1.54) is 25.3 Å². The Morgan fingerprint density at radius 3 is 2.30 bits per heavy atom. The van der Waals surface area contributed by atoms with Crippen LogP contribution in [0.1, 0.15) is 17.3 Å². The number of hydrogen-bond donors (Lipinski definition) is 1. The summed E-state index contributed by atoms with van der Waals surface area (Å²) in [6, 6.07) is 7.18. The van der Waals surface area contributed by atoms with Gasteiger partial charge in [0, 0.05) is 63.7 Å². The average Bonchev–Trinajstić information content (AvgIpc) is 2.77. The van der Waals surface area contributed by atoms with Crippen molar-refractivity contribution in [2.45, 2.75) is 13.0 Å². The van der Waals surface area contributed by atoms with Gasteiger partial charge in [-0.1, -0.05) is 0 Å². The van der Waals surface area contributed by atoms with E-state index >= 15 is 0 Å². The molecule has 33 heavy (non-hydrogen) atoms. The van der Waals surface area contributed by atoms with E-state index in [4.69, 9.17) is 10.5 Å². The van der Waals surface area contributed by atoms with Crippen molar-refractivity contribution in [1.29, 1.82) is 0 Å². The summed E-state index contributed by atoms with van der Waals surface area (Å²) in [5.41, 5.74) is 6.73. The Morgan fingerprint density at radius 1 is 1.12 bits per heavy atom. The van der Waals surface area contributed by atoms with E-state index in [0.29, 0.717) is 25.3 Å². The number of nitrogens with zero attached hydrogens (tertiary/aromatic N) is 5. The van der Waals surface area contributed by atoms with Crippen molar-refractivity contribution < 1.29 is 19.4 Å². The van der Waals surface area contributed by atoms with Gasteiger partial charge in [-0.15, -0.1) is 0 Å². The molecule has 0 saturated carbocycles. The molecule has 1 fully saturated rings. The zero-order valence-electron chi connectivity index (χ0n) is 18.8. The number of hydrogen-bond acceptors (Lipinski definition) is 9. The van der Waals surface area contributed by atoms with Crippen molar-refractivity contribution in [3.8, 4) is 5.75 Å². The third kappa shape index (κ3) is 4.59. The maximum atomic E-state index is 13.3. The Bertz CT molecular complexity index is 1100. The van der Waals surface area contributed by atoms with Gasteiger partial charge in [0.1, 0.15) is 17.1 Å². The van der Waals surface area contributed by atoms with Crippen molar-refractivity contribution in [2.24, 2.45) is 0 Å². The molecule has 0 aliphatic carbocycles. The largest absolute Gasteiger partial charge is 0.496 e. The topological polar surface area (TPSA) is 148 Å². The lowest BCUT2D eigenvalue weighted by molar-refractivity contribution is -0.384. The van der Waals surface area contributed by atoms with Gasteiger partial charge in [-0.25, -0.2) is 0 Å². The summed E-state index contributed by atoms with van der Waals surface area (Å²) in [7, 11) is 4.77. The molecule has 3 rings (SSSR count). The fourth-order valence-electron chi connectivity index (χ4n) is 3.98. The molecule has 2 N–H and O–H groups in total. The molecule has 1 aliphatic rings. The van der Waals surface area contributed by atoms with E-state index in [9.17, 15) is 25.0 Å². The zero-order valence-corrected chi connectivity index (χ0v) is 18.8. The van der Waals surface area contributed by atoms with Crippen LogP contribution in [0.25, 0.3) is 0 Å². The lowest BCUT2D eigenvalue weighted by Gasteiger charge is -2.41. The highest BCUT2D eigenvalue weighted by atomic mass is 16.6. The van der Waals surface area contributed by atoms with Gasteiger partial charge in [-0.05, 0) is 19.1 Å². The smallest absolute Gasteiger partial charge is 0.293 e. The number of amides is 1.